The molecular weight excluding hydrogens is 414 g/mol. The number of aryl methyl sites for hydroxylation is 2. The molecule has 170 valence electrons. The number of H-pyrrole nitrogens is 1. The standard InChI is InChI=1S/C23H33N3O4S/c1-2-7-20(28)30-14-16(27)12-26(15-8-4-3-5-9-15)13-19-24-22(29)21-17-10-6-11-18(17)31-23(21)25-19/h15-16,27H,2-14H2,1H3,(H,24,25,29)/t16-/m0/s1. The van der Waals surface area contributed by atoms with Gasteiger partial charge >= 0.3 is 5.97 Å². The predicted octanol–water partition coefficient (Wildman–Crippen LogP) is 3.31. The average Bonchev–Trinajstić information content (AvgIpc) is 3.33. The quantitative estimate of drug-likeness (QED) is 0.573. The first-order valence-corrected chi connectivity index (χ1v) is 12.5. The molecule has 0 aliphatic heterocycles. The van der Waals surface area contributed by atoms with Crippen LogP contribution in [0.15, 0.2) is 4.79 Å². The second-order valence-electron chi connectivity index (χ2n) is 8.86. The molecule has 0 amide bonds. The van der Waals surface area contributed by atoms with Gasteiger partial charge in [-0.1, -0.05) is 26.2 Å². The summed E-state index contributed by atoms with van der Waals surface area (Å²) >= 11 is 1.65. The van der Waals surface area contributed by atoms with Crippen LogP contribution in [0.5, 0.6) is 0 Å². The summed E-state index contributed by atoms with van der Waals surface area (Å²) in [6, 6.07) is 0.337. The van der Waals surface area contributed by atoms with Crippen LogP contribution in [0.3, 0.4) is 0 Å². The van der Waals surface area contributed by atoms with Gasteiger partial charge in [0, 0.05) is 23.9 Å². The number of thiophene rings is 1. The minimum atomic E-state index is -0.760. The molecule has 0 bridgehead atoms. The molecule has 4 rings (SSSR count). The van der Waals surface area contributed by atoms with Crippen molar-refractivity contribution in [2.24, 2.45) is 0 Å². The lowest BCUT2D eigenvalue weighted by Gasteiger charge is -2.35. The van der Waals surface area contributed by atoms with Crippen LogP contribution in [0.2, 0.25) is 0 Å². The zero-order valence-electron chi connectivity index (χ0n) is 18.3. The van der Waals surface area contributed by atoms with E-state index in [1.54, 1.807) is 11.3 Å². The maximum Gasteiger partial charge on any atom is 0.305 e. The first-order chi connectivity index (χ1) is 15.0. The Morgan fingerprint density at radius 2 is 2.10 bits per heavy atom. The molecule has 31 heavy (non-hydrogen) atoms. The van der Waals surface area contributed by atoms with E-state index < -0.39 is 6.10 Å². The topological polar surface area (TPSA) is 95.5 Å². The van der Waals surface area contributed by atoms with Crippen molar-refractivity contribution in [1.82, 2.24) is 14.9 Å². The number of carbonyl (C=O) groups is 1. The van der Waals surface area contributed by atoms with Crippen molar-refractivity contribution >= 4 is 27.5 Å². The lowest BCUT2D eigenvalue weighted by atomic mass is 9.94. The van der Waals surface area contributed by atoms with Crippen LogP contribution in [0.1, 0.15) is 74.6 Å². The SMILES string of the molecule is CCCC(=O)OC[C@@H](O)CN(Cc1nc2sc3c(c2c(=O)[nH]1)CCC3)C1CCCCC1. The molecular formula is C23H33N3O4S. The number of aromatic amines is 1. The van der Waals surface area contributed by atoms with Crippen molar-refractivity contribution < 1.29 is 14.6 Å². The Morgan fingerprint density at radius 1 is 1.29 bits per heavy atom. The van der Waals surface area contributed by atoms with E-state index in [0.717, 1.165) is 48.7 Å². The minimum absolute atomic E-state index is 0.00266. The van der Waals surface area contributed by atoms with Gasteiger partial charge in [-0.05, 0) is 44.1 Å². The van der Waals surface area contributed by atoms with Crippen molar-refractivity contribution in [3.8, 4) is 0 Å². The number of fused-ring (bicyclic) bond motifs is 3. The maximum absolute atomic E-state index is 12.8. The monoisotopic (exact) mass is 447 g/mol. The smallest absolute Gasteiger partial charge is 0.305 e. The van der Waals surface area contributed by atoms with Gasteiger partial charge in [0.2, 0.25) is 0 Å². The van der Waals surface area contributed by atoms with Crippen LogP contribution in [0.4, 0.5) is 0 Å². The Hall–Kier alpha value is -1.77. The van der Waals surface area contributed by atoms with Crippen molar-refractivity contribution in [2.45, 2.75) is 89.8 Å². The highest BCUT2D eigenvalue weighted by atomic mass is 32.1. The van der Waals surface area contributed by atoms with Crippen molar-refractivity contribution in [1.29, 1.82) is 0 Å². The molecule has 1 fully saturated rings. The third kappa shape index (κ3) is 5.35. The molecule has 7 nitrogen and oxygen atoms in total. The van der Waals surface area contributed by atoms with Crippen LogP contribution >= 0.6 is 11.3 Å². The van der Waals surface area contributed by atoms with Crippen LogP contribution in [-0.4, -0.2) is 51.2 Å². The molecule has 2 aliphatic rings. The van der Waals surface area contributed by atoms with E-state index in [-0.39, 0.29) is 18.1 Å². The Labute approximate surface area is 186 Å². The van der Waals surface area contributed by atoms with Gasteiger partial charge in [-0.3, -0.25) is 14.5 Å². The molecule has 2 aliphatic carbocycles. The molecule has 2 heterocycles. The van der Waals surface area contributed by atoms with Crippen molar-refractivity contribution in [2.75, 3.05) is 13.2 Å². The average molecular weight is 448 g/mol. The third-order valence-electron chi connectivity index (χ3n) is 6.40. The Balaban J connectivity index is 1.49. The Bertz CT molecular complexity index is 964. The molecule has 0 aromatic carbocycles. The lowest BCUT2D eigenvalue weighted by molar-refractivity contribution is -0.147. The number of rotatable bonds is 9. The molecule has 1 saturated carbocycles. The molecule has 2 aromatic heterocycles. The normalized spacial score (nSPS) is 17.9. The largest absolute Gasteiger partial charge is 0.463 e. The number of carbonyl (C=O) groups excluding carboxylic acids is 1. The van der Waals surface area contributed by atoms with Gasteiger partial charge < -0.3 is 14.8 Å². The van der Waals surface area contributed by atoms with Gasteiger partial charge in [-0.25, -0.2) is 4.98 Å². The second-order valence-corrected chi connectivity index (χ2v) is 9.94. The Kier molecular flexibility index (Phi) is 7.40. The number of hydrogen-bond acceptors (Lipinski definition) is 7. The summed E-state index contributed by atoms with van der Waals surface area (Å²) in [5.74, 6) is 0.381. The lowest BCUT2D eigenvalue weighted by Crippen LogP contribution is -2.43. The van der Waals surface area contributed by atoms with Gasteiger partial charge in [0.15, 0.2) is 0 Å². The van der Waals surface area contributed by atoms with Crippen LogP contribution < -0.4 is 5.56 Å². The van der Waals surface area contributed by atoms with Crippen molar-refractivity contribution in [3.05, 3.63) is 26.6 Å². The maximum atomic E-state index is 12.8. The number of aromatic nitrogens is 2. The third-order valence-corrected chi connectivity index (χ3v) is 7.59. The van der Waals surface area contributed by atoms with Gasteiger partial charge in [0.05, 0.1) is 11.9 Å². The molecule has 8 heteroatoms. The fraction of sp³-hybridized carbons (Fsp3) is 0.696. The van der Waals surface area contributed by atoms with E-state index in [2.05, 4.69) is 9.88 Å². The summed E-state index contributed by atoms with van der Waals surface area (Å²) in [6.07, 6.45) is 9.20. The summed E-state index contributed by atoms with van der Waals surface area (Å²) in [5, 5.41) is 11.3. The molecule has 1 atom stereocenters. The summed E-state index contributed by atoms with van der Waals surface area (Å²) in [7, 11) is 0. The number of aliphatic hydroxyl groups is 1. The van der Waals surface area contributed by atoms with E-state index >= 15 is 0 Å². The van der Waals surface area contributed by atoms with Crippen LogP contribution in [-0.2, 0) is 28.9 Å². The number of ether oxygens (including phenoxy) is 1. The van der Waals surface area contributed by atoms with Gasteiger partial charge in [0.25, 0.3) is 5.56 Å². The fourth-order valence-electron chi connectivity index (χ4n) is 4.89. The molecule has 0 unspecified atom stereocenters. The molecule has 0 saturated heterocycles. The highest BCUT2D eigenvalue weighted by Crippen LogP contribution is 2.34. The summed E-state index contributed by atoms with van der Waals surface area (Å²) in [6.45, 7) is 2.81. The number of nitrogens with one attached hydrogen (secondary N) is 1. The molecule has 0 spiro atoms. The minimum Gasteiger partial charge on any atom is -0.463 e. The zero-order chi connectivity index (χ0) is 21.8. The summed E-state index contributed by atoms with van der Waals surface area (Å²) in [5.41, 5.74) is 1.14. The Morgan fingerprint density at radius 3 is 2.87 bits per heavy atom. The number of esters is 1. The van der Waals surface area contributed by atoms with E-state index in [0.29, 0.717) is 31.4 Å². The van der Waals surface area contributed by atoms with Crippen molar-refractivity contribution in [3.63, 3.8) is 0 Å². The number of aliphatic hydroxyl groups excluding tert-OH is 1. The predicted molar refractivity (Wildman–Crippen MR) is 121 cm³/mol. The molecule has 2 N–H and O–H groups in total. The first-order valence-electron chi connectivity index (χ1n) is 11.7. The van der Waals surface area contributed by atoms with Crippen LogP contribution in [0.25, 0.3) is 10.2 Å². The highest BCUT2D eigenvalue weighted by Gasteiger charge is 2.26. The molecule has 0 radical (unpaired) electrons. The summed E-state index contributed by atoms with van der Waals surface area (Å²) in [4.78, 5) is 36.6. The number of nitrogens with zero attached hydrogens (tertiary/aromatic N) is 2. The van der Waals surface area contributed by atoms with E-state index in [1.165, 1.54) is 29.7 Å². The van der Waals surface area contributed by atoms with E-state index in [9.17, 15) is 14.7 Å². The zero-order valence-corrected chi connectivity index (χ0v) is 19.1. The van der Waals surface area contributed by atoms with Gasteiger partial charge in [0.1, 0.15) is 23.4 Å². The number of hydrogen-bond donors (Lipinski definition) is 2. The van der Waals surface area contributed by atoms with Crippen LogP contribution in [0, 0.1) is 0 Å². The first kappa shape index (κ1) is 22.4. The van der Waals surface area contributed by atoms with Gasteiger partial charge in [-0.15, -0.1) is 11.3 Å². The summed E-state index contributed by atoms with van der Waals surface area (Å²) < 4.78 is 5.21. The van der Waals surface area contributed by atoms with E-state index in [4.69, 9.17) is 9.72 Å². The van der Waals surface area contributed by atoms with E-state index in [1.807, 2.05) is 6.92 Å². The second kappa shape index (κ2) is 10.2. The van der Waals surface area contributed by atoms with Gasteiger partial charge in [-0.2, -0.15) is 0 Å². The fourth-order valence-corrected chi connectivity index (χ4v) is 6.17. The molecule has 2 aromatic rings. The highest BCUT2D eigenvalue weighted by molar-refractivity contribution is 7.18.